The van der Waals surface area contributed by atoms with Gasteiger partial charge < -0.3 is 22.3 Å². The van der Waals surface area contributed by atoms with E-state index in [2.05, 4.69) is 0 Å². The fraction of sp³-hybridized carbons (Fsp3) is 0.750. The molecule has 2 unspecified atom stereocenters. The van der Waals surface area contributed by atoms with Gasteiger partial charge in [0.2, 0.25) is 5.91 Å². The molecule has 6 nitrogen and oxygen atoms in total. The maximum Gasteiger partial charge on any atom is 0.307 e. The third-order valence-electron chi connectivity index (χ3n) is 1.61. The van der Waals surface area contributed by atoms with Crippen molar-refractivity contribution in [3.63, 3.8) is 0 Å². The van der Waals surface area contributed by atoms with E-state index in [1.165, 1.54) is 0 Å². The Morgan fingerprint density at radius 3 is 1.50 bits per heavy atom. The number of amides is 1. The van der Waals surface area contributed by atoms with Crippen LogP contribution in [-0.2, 0) is 9.59 Å². The molecule has 1 amide bonds. The van der Waals surface area contributed by atoms with Gasteiger partial charge in [-0.25, -0.2) is 0 Å². The Morgan fingerprint density at radius 2 is 1.50 bits per heavy atom. The van der Waals surface area contributed by atoms with Gasteiger partial charge >= 0.3 is 5.97 Å². The van der Waals surface area contributed by atoms with E-state index in [4.69, 9.17) is 22.3 Å². The summed E-state index contributed by atoms with van der Waals surface area (Å²) in [6, 6.07) is 0. The zero-order valence-electron chi connectivity index (χ0n) is 8.56. The molecule has 0 aromatic rings. The van der Waals surface area contributed by atoms with Gasteiger partial charge in [-0.2, -0.15) is 0 Å². The molecule has 0 bridgehead atoms. The minimum atomic E-state index is -0.831. The molecule has 14 heavy (non-hydrogen) atoms. The number of nitrogens with two attached hydrogens (primary N) is 3. The number of carbonyl (C=O) groups is 2. The standard InChI is InChI=1S/C4H10N2O.C4H9NO2/c2*1-3(2-5)4(6)7/h3H,2,5H2,1H3,(H2,6,7);3H,2,5H2,1H3,(H,6,7). The maximum absolute atomic E-state index is 10.1. The molecule has 0 aromatic heterocycles. The fourth-order valence-corrected chi connectivity index (χ4v) is 0.217. The van der Waals surface area contributed by atoms with E-state index in [1.807, 2.05) is 0 Å². The molecule has 0 saturated heterocycles. The summed E-state index contributed by atoms with van der Waals surface area (Å²) in [6.45, 7) is 3.83. The molecule has 0 rings (SSSR count). The van der Waals surface area contributed by atoms with Gasteiger partial charge in [0.25, 0.3) is 0 Å². The van der Waals surface area contributed by atoms with Gasteiger partial charge in [0.15, 0.2) is 0 Å². The molecule has 0 saturated carbocycles. The Bertz CT molecular complexity index is 165. The second kappa shape index (κ2) is 8.46. The number of hydrogen-bond donors (Lipinski definition) is 4. The van der Waals surface area contributed by atoms with Crippen LogP contribution in [0.2, 0.25) is 0 Å². The van der Waals surface area contributed by atoms with E-state index in [0.29, 0.717) is 6.54 Å². The van der Waals surface area contributed by atoms with Crippen LogP contribution < -0.4 is 17.2 Å². The summed E-state index contributed by atoms with van der Waals surface area (Å²) in [6.07, 6.45) is 0. The predicted molar refractivity (Wildman–Crippen MR) is 53.3 cm³/mol. The molecule has 6 heteroatoms. The van der Waals surface area contributed by atoms with Crippen molar-refractivity contribution in [2.45, 2.75) is 13.8 Å². The van der Waals surface area contributed by atoms with Crippen LogP contribution in [0.3, 0.4) is 0 Å². The number of hydrogen-bond acceptors (Lipinski definition) is 4. The number of primary amides is 1. The summed E-state index contributed by atoms with van der Waals surface area (Å²) in [7, 11) is 0. The van der Waals surface area contributed by atoms with Crippen LogP contribution >= 0.6 is 0 Å². The van der Waals surface area contributed by atoms with Gasteiger partial charge in [-0.3, -0.25) is 9.59 Å². The first kappa shape index (κ1) is 15.3. The van der Waals surface area contributed by atoms with Gasteiger partial charge in [-0.15, -0.1) is 0 Å². The highest BCUT2D eigenvalue weighted by molar-refractivity contribution is 5.76. The number of carboxylic acid groups (broad SMARTS) is 1. The molecule has 2 atom stereocenters. The quantitative estimate of drug-likeness (QED) is 0.454. The summed E-state index contributed by atoms with van der Waals surface area (Å²) >= 11 is 0. The Hall–Kier alpha value is -1.14. The first-order valence-electron chi connectivity index (χ1n) is 4.29. The smallest absolute Gasteiger partial charge is 0.307 e. The van der Waals surface area contributed by atoms with Crippen molar-refractivity contribution in [3.05, 3.63) is 0 Å². The summed E-state index contributed by atoms with van der Waals surface area (Å²) < 4.78 is 0. The number of aliphatic carboxylic acids is 1. The van der Waals surface area contributed by atoms with Crippen LogP contribution in [0.1, 0.15) is 13.8 Å². The molecule has 0 aliphatic carbocycles. The average Bonchev–Trinajstić information content (AvgIpc) is 2.15. The molecule has 0 aliphatic heterocycles. The summed E-state index contributed by atoms with van der Waals surface area (Å²) in [5.41, 5.74) is 14.9. The lowest BCUT2D eigenvalue weighted by Gasteiger charge is -1.98. The molecule has 0 fully saturated rings. The minimum absolute atomic E-state index is 0.181. The van der Waals surface area contributed by atoms with E-state index in [1.54, 1.807) is 13.8 Å². The second-order valence-electron chi connectivity index (χ2n) is 3.01. The van der Waals surface area contributed by atoms with Crippen LogP contribution in [0, 0.1) is 11.8 Å². The number of rotatable bonds is 4. The van der Waals surface area contributed by atoms with Gasteiger partial charge in [-0.1, -0.05) is 13.8 Å². The lowest BCUT2D eigenvalue weighted by molar-refractivity contribution is -0.140. The highest BCUT2D eigenvalue weighted by Gasteiger charge is 2.05. The Kier molecular flexibility index (Phi) is 9.27. The van der Waals surface area contributed by atoms with Crippen molar-refractivity contribution < 1.29 is 14.7 Å². The van der Waals surface area contributed by atoms with Crippen molar-refractivity contribution in [1.82, 2.24) is 0 Å². The zero-order valence-corrected chi connectivity index (χ0v) is 8.56. The minimum Gasteiger partial charge on any atom is -0.481 e. The highest BCUT2D eigenvalue weighted by Crippen LogP contribution is 1.87. The molecule has 0 spiro atoms. The monoisotopic (exact) mass is 205 g/mol. The van der Waals surface area contributed by atoms with Crippen LogP contribution in [-0.4, -0.2) is 30.1 Å². The lowest BCUT2D eigenvalue weighted by Crippen LogP contribution is -2.26. The fourth-order valence-electron chi connectivity index (χ4n) is 0.217. The topological polar surface area (TPSA) is 132 Å². The molecular weight excluding hydrogens is 186 g/mol. The maximum atomic E-state index is 10.1. The third kappa shape index (κ3) is 8.95. The van der Waals surface area contributed by atoms with Crippen molar-refractivity contribution in [1.29, 1.82) is 0 Å². The van der Waals surface area contributed by atoms with E-state index in [-0.39, 0.29) is 18.4 Å². The normalized spacial score (nSPS) is 13.4. The SMILES string of the molecule is CC(CN)C(=O)O.CC(CN)C(N)=O. The Labute approximate surface area is 83.4 Å². The van der Waals surface area contributed by atoms with Crippen LogP contribution in [0.25, 0.3) is 0 Å². The molecule has 0 radical (unpaired) electrons. The predicted octanol–water partition coefficient (Wildman–Crippen LogP) is -1.27. The zero-order chi connectivity index (χ0) is 11.7. The summed E-state index contributed by atoms with van der Waals surface area (Å²) in [5, 5.41) is 8.10. The van der Waals surface area contributed by atoms with E-state index in [0.717, 1.165) is 0 Å². The lowest BCUT2D eigenvalue weighted by atomic mass is 10.2. The second-order valence-corrected chi connectivity index (χ2v) is 3.01. The largest absolute Gasteiger partial charge is 0.481 e. The molecule has 0 heterocycles. The summed E-state index contributed by atoms with van der Waals surface area (Å²) in [4.78, 5) is 19.9. The van der Waals surface area contributed by atoms with E-state index >= 15 is 0 Å². The number of carbonyl (C=O) groups excluding carboxylic acids is 1. The van der Waals surface area contributed by atoms with Gasteiger partial charge in [0.05, 0.1) is 5.92 Å². The first-order chi connectivity index (χ1) is 6.36. The Balaban J connectivity index is 0. The Morgan fingerprint density at radius 1 is 1.14 bits per heavy atom. The molecule has 7 N–H and O–H groups in total. The average molecular weight is 205 g/mol. The van der Waals surface area contributed by atoms with Crippen molar-refractivity contribution in [2.24, 2.45) is 29.0 Å². The van der Waals surface area contributed by atoms with Crippen molar-refractivity contribution in [2.75, 3.05) is 13.1 Å². The van der Waals surface area contributed by atoms with Crippen LogP contribution in [0.5, 0.6) is 0 Å². The number of carboxylic acids is 1. The van der Waals surface area contributed by atoms with Gasteiger partial charge in [0.1, 0.15) is 0 Å². The highest BCUT2D eigenvalue weighted by atomic mass is 16.4. The van der Waals surface area contributed by atoms with E-state index in [9.17, 15) is 9.59 Å². The summed E-state index contributed by atoms with van der Waals surface area (Å²) in [5.74, 6) is -1.75. The van der Waals surface area contributed by atoms with E-state index < -0.39 is 11.9 Å². The van der Waals surface area contributed by atoms with Gasteiger partial charge in [0, 0.05) is 19.0 Å². The first-order valence-corrected chi connectivity index (χ1v) is 4.29. The molecule has 84 valence electrons. The molecule has 0 aliphatic rings. The van der Waals surface area contributed by atoms with Crippen LogP contribution in [0.4, 0.5) is 0 Å². The molecular formula is C8H19N3O3. The van der Waals surface area contributed by atoms with Crippen molar-refractivity contribution >= 4 is 11.9 Å². The third-order valence-corrected chi connectivity index (χ3v) is 1.61. The van der Waals surface area contributed by atoms with Crippen LogP contribution in [0.15, 0.2) is 0 Å². The van der Waals surface area contributed by atoms with Crippen molar-refractivity contribution in [3.8, 4) is 0 Å². The molecule has 0 aromatic carbocycles. The van der Waals surface area contributed by atoms with Gasteiger partial charge in [-0.05, 0) is 0 Å².